The van der Waals surface area contributed by atoms with E-state index < -0.39 is 0 Å². The van der Waals surface area contributed by atoms with E-state index in [1.165, 1.54) is 6.33 Å². The molecular formula is C9H13BrN4O2. The van der Waals surface area contributed by atoms with Gasteiger partial charge in [-0.3, -0.25) is 4.79 Å². The largest absolute Gasteiger partial charge is 0.466 e. The van der Waals surface area contributed by atoms with Crippen LogP contribution < -0.4 is 11.1 Å². The highest BCUT2D eigenvalue weighted by Gasteiger charge is 2.06. The fourth-order valence-corrected chi connectivity index (χ4v) is 1.37. The zero-order chi connectivity index (χ0) is 12.0. The molecule has 6 nitrogen and oxygen atoms in total. The van der Waals surface area contributed by atoms with Crippen molar-refractivity contribution in [3.05, 3.63) is 10.8 Å². The summed E-state index contributed by atoms with van der Waals surface area (Å²) in [6, 6.07) is 0. The first-order chi connectivity index (χ1) is 7.65. The van der Waals surface area contributed by atoms with Crippen LogP contribution in [0.2, 0.25) is 0 Å². The summed E-state index contributed by atoms with van der Waals surface area (Å²) < 4.78 is 5.38. The Bertz CT molecular complexity index is 373. The maximum atomic E-state index is 11.1. The molecule has 88 valence electrons. The van der Waals surface area contributed by atoms with Gasteiger partial charge >= 0.3 is 5.97 Å². The van der Waals surface area contributed by atoms with Crippen LogP contribution in [0.3, 0.4) is 0 Å². The third-order valence-corrected chi connectivity index (χ3v) is 2.53. The third-order valence-electron chi connectivity index (χ3n) is 1.74. The molecule has 0 aliphatic rings. The predicted molar refractivity (Wildman–Crippen MR) is 63.9 cm³/mol. The molecule has 0 amide bonds. The number of aromatic nitrogens is 2. The van der Waals surface area contributed by atoms with Crippen molar-refractivity contribution in [3.63, 3.8) is 0 Å². The molecule has 3 N–H and O–H groups in total. The van der Waals surface area contributed by atoms with Crippen molar-refractivity contribution in [1.82, 2.24) is 9.97 Å². The summed E-state index contributed by atoms with van der Waals surface area (Å²) in [5.74, 6) is 0.679. The van der Waals surface area contributed by atoms with Crippen LogP contribution in [0.25, 0.3) is 0 Å². The van der Waals surface area contributed by atoms with Crippen molar-refractivity contribution in [2.24, 2.45) is 0 Å². The molecule has 1 aromatic heterocycles. The number of rotatable bonds is 5. The maximum Gasteiger partial charge on any atom is 0.307 e. The van der Waals surface area contributed by atoms with E-state index in [0.717, 1.165) is 0 Å². The molecule has 0 fully saturated rings. The van der Waals surface area contributed by atoms with E-state index in [1.807, 2.05) is 0 Å². The number of nitrogens with zero attached hydrogens (tertiary/aromatic N) is 2. The highest BCUT2D eigenvalue weighted by atomic mass is 79.9. The Hall–Kier alpha value is -1.37. The van der Waals surface area contributed by atoms with Crippen molar-refractivity contribution in [2.45, 2.75) is 13.3 Å². The smallest absolute Gasteiger partial charge is 0.307 e. The van der Waals surface area contributed by atoms with Crippen LogP contribution in [0.15, 0.2) is 10.8 Å². The van der Waals surface area contributed by atoms with Gasteiger partial charge in [0.25, 0.3) is 0 Å². The van der Waals surface area contributed by atoms with Crippen molar-refractivity contribution in [1.29, 1.82) is 0 Å². The van der Waals surface area contributed by atoms with Crippen molar-refractivity contribution >= 4 is 33.5 Å². The minimum atomic E-state index is -0.242. The number of carbonyl (C=O) groups excluding carboxylic acids is 1. The minimum absolute atomic E-state index is 0.242. The number of carbonyl (C=O) groups is 1. The van der Waals surface area contributed by atoms with Crippen LogP contribution in [0.5, 0.6) is 0 Å². The first kappa shape index (κ1) is 12.7. The lowest BCUT2D eigenvalue weighted by molar-refractivity contribution is -0.142. The van der Waals surface area contributed by atoms with E-state index >= 15 is 0 Å². The molecule has 0 aliphatic carbocycles. The lowest BCUT2D eigenvalue weighted by atomic mass is 10.4. The van der Waals surface area contributed by atoms with Crippen molar-refractivity contribution in [2.75, 3.05) is 24.2 Å². The average Bonchev–Trinajstić information content (AvgIpc) is 2.25. The zero-order valence-corrected chi connectivity index (χ0v) is 10.5. The molecule has 0 aliphatic heterocycles. The monoisotopic (exact) mass is 288 g/mol. The summed E-state index contributed by atoms with van der Waals surface area (Å²) in [7, 11) is 0. The van der Waals surface area contributed by atoms with Gasteiger partial charge in [0.1, 0.15) is 22.4 Å². The summed E-state index contributed by atoms with van der Waals surface area (Å²) in [4.78, 5) is 18.8. The molecule has 7 heteroatoms. The first-order valence-electron chi connectivity index (χ1n) is 4.80. The van der Waals surface area contributed by atoms with Crippen LogP contribution in [-0.2, 0) is 9.53 Å². The number of hydrogen-bond acceptors (Lipinski definition) is 6. The zero-order valence-electron chi connectivity index (χ0n) is 8.86. The number of nitrogen functional groups attached to an aromatic ring is 1. The third kappa shape index (κ3) is 3.65. The molecule has 0 saturated carbocycles. The van der Waals surface area contributed by atoms with Crippen LogP contribution >= 0.6 is 15.9 Å². The van der Waals surface area contributed by atoms with Gasteiger partial charge < -0.3 is 15.8 Å². The van der Waals surface area contributed by atoms with Crippen LogP contribution in [-0.4, -0.2) is 29.1 Å². The lowest BCUT2D eigenvalue weighted by Gasteiger charge is -2.07. The van der Waals surface area contributed by atoms with Gasteiger partial charge in [0, 0.05) is 6.54 Å². The van der Waals surface area contributed by atoms with Crippen LogP contribution in [0.1, 0.15) is 13.3 Å². The molecule has 1 aromatic rings. The number of nitrogens with one attached hydrogen (secondary N) is 1. The second kappa shape index (κ2) is 6.26. The van der Waals surface area contributed by atoms with E-state index in [4.69, 9.17) is 10.5 Å². The fraction of sp³-hybridized carbons (Fsp3) is 0.444. The normalized spacial score (nSPS) is 9.88. The molecule has 0 unspecified atom stereocenters. The molecular weight excluding hydrogens is 276 g/mol. The topological polar surface area (TPSA) is 90.1 Å². The molecule has 0 aromatic carbocycles. The van der Waals surface area contributed by atoms with Crippen molar-refractivity contribution < 1.29 is 9.53 Å². The van der Waals surface area contributed by atoms with E-state index in [0.29, 0.717) is 29.3 Å². The van der Waals surface area contributed by atoms with Gasteiger partial charge in [0.05, 0.1) is 13.0 Å². The number of esters is 1. The minimum Gasteiger partial charge on any atom is -0.466 e. The number of anilines is 2. The Balaban J connectivity index is 2.43. The highest BCUT2D eigenvalue weighted by Crippen LogP contribution is 2.23. The molecule has 1 rings (SSSR count). The average molecular weight is 289 g/mol. The molecule has 16 heavy (non-hydrogen) atoms. The van der Waals surface area contributed by atoms with Crippen LogP contribution in [0, 0.1) is 0 Å². The Labute approximate surface area is 102 Å². The van der Waals surface area contributed by atoms with Gasteiger partial charge in [0.2, 0.25) is 0 Å². The van der Waals surface area contributed by atoms with E-state index in [-0.39, 0.29) is 12.4 Å². The van der Waals surface area contributed by atoms with Gasteiger partial charge in [-0.05, 0) is 22.9 Å². The maximum absolute atomic E-state index is 11.1. The van der Waals surface area contributed by atoms with Gasteiger partial charge in [0.15, 0.2) is 0 Å². The quantitative estimate of drug-likeness (QED) is 0.791. The summed E-state index contributed by atoms with van der Waals surface area (Å²) in [5, 5.41) is 2.96. The number of ether oxygens (including phenoxy) is 1. The molecule has 0 spiro atoms. The van der Waals surface area contributed by atoms with Gasteiger partial charge in [-0.15, -0.1) is 0 Å². The number of hydrogen-bond donors (Lipinski definition) is 2. The first-order valence-corrected chi connectivity index (χ1v) is 5.60. The van der Waals surface area contributed by atoms with E-state index in [9.17, 15) is 4.79 Å². The highest BCUT2D eigenvalue weighted by molar-refractivity contribution is 9.10. The molecule has 1 heterocycles. The number of nitrogens with two attached hydrogens (primary N) is 1. The predicted octanol–water partition coefficient (Wildman–Crippen LogP) is 1.19. The summed E-state index contributed by atoms with van der Waals surface area (Å²) >= 11 is 3.25. The summed E-state index contributed by atoms with van der Waals surface area (Å²) in [6.45, 7) is 2.60. The summed E-state index contributed by atoms with van der Waals surface area (Å²) in [6.07, 6.45) is 1.64. The second-order valence-electron chi connectivity index (χ2n) is 2.90. The number of halogens is 1. The Morgan fingerprint density at radius 2 is 2.38 bits per heavy atom. The van der Waals surface area contributed by atoms with E-state index in [1.54, 1.807) is 6.92 Å². The molecule has 0 radical (unpaired) electrons. The SMILES string of the molecule is CCOC(=O)CCNc1ncnc(N)c1Br. The molecule has 0 atom stereocenters. The van der Waals surface area contributed by atoms with Crippen molar-refractivity contribution in [3.8, 4) is 0 Å². The Morgan fingerprint density at radius 1 is 1.62 bits per heavy atom. The lowest BCUT2D eigenvalue weighted by Crippen LogP contribution is -2.12. The molecule has 0 saturated heterocycles. The second-order valence-corrected chi connectivity index (χ2v) is 3.70. The van der Waals surface area contributed by atoms with Gasteiger partial charge in [-0.1, -0.05) is 0 Å². The van der Waals surface area contributed by atoms with E-state index in [2.05, 4.69) is 31.2 Å². The summed E-state index contributed by atoms with van der Waals surface area (Å²) in [5.41, 5.74) is 5.57. The van der Waals surface area contributed by atoms with Gasteiger partial charge in [-0.25, -0.2) is 9.97 Å². The standard InChI is InChI=1S/C9H13BrN4O2/c1-2-16-6(15)3-4-12-9-7(10)8(11)13-5-14-9/h5H,2-4H2,1H3,(H3,11,12,13,14). The fourth-order valence-electron chi connectivity index (χ4n) is 1.02. The van der Waals surface area contributed by atoms with Crippen LogP contribution in [0.4, 0.5) is 11.6 Å². The Kier molecular flexibility index (Phi) is 4.97. The molecule has 0 bridgehead atoms. The Morgan fingerprint density at radius 3 is 3.06 bits per heavy atom. The van der Waals surface area contributed by atoms with Gasteiger partial charge in [-0.2, -0.15) is 0 Å².